The molecular formula is C10H14N2O2S. The molecule has 0 saturated heterocycles. The number of hydrogen-bond acceptors (Lipinski definition) is 4. The Morgan fingerprint density at radius 3 is 2.87 bits per heavy atom. The van der Waals surface area contributed by atoms with Gasteiger partial charge in [-0.15, -0.1) is 11.8 Å². The summed E-state index contributed by atoms with van der Waals surface area (Å²) in [6, 6.07) is 3.71. The fourth-order valence-electron chi connectivity index (χ4n) is 0.896. The van der Waals surface area contributed by atoms with Crippen molar-refractivity contribution in [1.29, 1.82) is 0 Å². The number of carbonyl (C=O) groups excluding carboxylic acids is 1. The number of aromatic nitrogens is 1. The third-order valence-electron chi connectivity index (χ3n) is 1.61. The predicted octanol–water partition coefficient (Wildman–Crippen LogP) is 0.671. The highest BCUT2D eigenvalue weighted by Crippen LogP contribution is 2.15. The Morgan fingerprint density at radius 2 is 2.27 bits per heavy atom. The third kappa shape index (κ3) is 5.39. The quantitative estimate of drug-likeness (QED) is 0.724. The highest BCUT2D eigenvalue weighted by atomic mass is 32.2. The zero-order valence-corrected chi connectivity index (χ0v) is 9.33. The fraction of sp³-hybridized carbons (Fsp3) is 0.400. The normalized spacial score (nSPS) is 12.1. The zero-order chi connectivity index (χ0) is 11.1. The number of hydrogen-bond donors (Lipinski definition) is 2. The van der Waals surface area contributed by atoms with Gasteiger partial charge in [0, 0.05) is 23.8 Å². The van der Waals surface area contributed by atoms with E-state index in [4.69, 9.17) is 5.11 Å². The minimum Gasteiger partial charge on any atom is -0.392 e. The number of aliphatic hydroxyl groups is 1. The van der Waals surface area contributed by atoms with Gasteiger partial charge in [-0.2, -0.15) is 0 Å². The molecule has 0 bridgehead atoms. The zero-order valence-electron chi connectivity index (χ0n) is 8.51. The van der Waals surface area contributed by atoms with Crippen LogP contribution in [0, 0.1) is 0 Å². The Kier molecular flexibility index (Phi) is 5.14. The van der Waals surface area contributed by atoms with Crippen LogP contribution in [0.1, 0.15) is 6.92 Å². The molecule has 1 aromatic rings. The maximum absolute atomic E-state index is 11.3. The van der Waals surface area contributed by atoms with Crippen LogP contribution >= 0.6 is 11.8 Å². The molecule has 0 aromatic carbocycles. The minimum atomic E-state index is -0.500. The van der Waals surface area contributed by atoms with Gasteiger partial charge in [-0.3, -0.25) is 9.78 Å². The van der Waals surface area contributed by atoms with E-state index in [1.807, 2.05) is 12.1 Å². The van der Waals surface area contributed by atoms with Crippen molar-refractivity contribution in [1.82, 2.24) is 10.3 Å². The van der Waals surface area contributed by atoms with Gasteiger partial charge >= 0.3 is 0 Å². The largest absolute Gasteiger partial charge is 0.392 e. The molecule has 1 aromatic heterocycles. The number of carbonyl (C=O) groups is 1. The Hall–Kier alpha value is -1.07. The van der Waals surface area contributed by atoms with Crippen LogP contribution in [0.5, 0.6) is 0 Å². The van der Waals surface area contributed by atoms with Gasteiger partial charge in [0.15, 0.2) is 0 Å². The molecule has 2 N–H and O–H groups in total. The molecule has 0 aliphatic heterocycles. The van der Waals surface area contributed by atoms with E-state index in [9.17, 15) is 4.79 Å². The summed E-state index contributed by atoms with van der Waals surface area (Å²) in [6.07, 6.45) is 2.88. The van der Waals surface area contributed by atoms with Crippen molar-refractivity contribution in [2.24, 2.45) is 0 Å². The Morgan fingerprint density at radius 1 is 1.60 bits per heavy atom. The molecule has 0 spiro atoms. The summed E-state index contributed by atoms with van der Waals surface area (Å²) < 4.78 is 0. The number of nitrogens with zero attached hydrogens (tertiary/aromatic N) is 1. The van der Waals surface area contributed by atoms with E-state index in [1.54, 1.807) is 19.3 Å². The van der Waals surface area contributed by atoms with Gasteiger partial charge in [0.05, 0.1) is 11.9 Å². The topological polar surface area (TPSA) is 62.2 Å². The second-order valence-corrected chi connectivity index (χ2v) is 4.17. The van der Waals surface area contributed by atoms with Crippen LogP contribution in [0.3, 0.4) is 0 Å². The van der Waals surface area contributed by atoms with Crippen molar-refractivity contribution in [3.8, 4) is 0 Å². The number of nitrogens with one attached hydrogen (secondary N) is 1. The first-order valence-corrected chi connectivity index (χ1v) is 5.64. The van der Waals surface area contributed by atoms with Crippen molar-refractivity contribution in [3.05, 3.63) is 24.5 Å². The molecule has 82 valence electrons. The minimum absolute atomic E-state index is 0.0716. The summed E-state index contributed by atoms with van der Waals surface area (Å²) in [5.74, 6) is 0.286. The van der Waals surface area contributed by atoms with Gasteiger partial charge in [0.1, 0.15) is 0 Å². The lowest BCUT2D eigenvalue weighted by Gasteiger charge is -2.06. The van der Waals surface area contributed by atoms with Crippen molar-refractivity contribution in [2.75, 3.05) is 12.3 Å². The van der Waals surface area contributed by atoms with Gasteiger partial charge < -0.3 is 10.4 Å². The molecule has 1 heterocycles. The summed E-state index contributed by atoms with van der Waals surface area (Å²) in [5.41, 5.74) is 0. The van der Waals surface area contributed by atoms with Gasteiger partial charge in [-0.25, -0.2) is 0 Å². The lowest BCUT2D eigenvalue weighted by molar-refractivity contribution is -0.118. The van der Waals surface area contributed by atoms with Crippen LogP contribution in [0.2, 0.25) is 0 Å². The van der Waals surface area contributed by atoms with Crippen molar-refractivity contribution >= 4 is 17.7 Å². The third-order valence-corrected chi connectivity index (χ3v) is 2.63. The molecule has 0 aliphatic rings. The molecule has 1 amide bonds. The molecule has 1 rings (SSSR count). The predicted molar refractivity (Wildman–Crippen MR) is 59.7 cm³/mol. The molecule has 0 saturated carbocycles. The molecule has 0 unspecified atom stereocenters. The lowest BCUT2D eigenvalue weighted by atomic mass is 10.4. The second kappa shape index (κ2) is 6.42. The second-order valence-electron chi connectivity index (χ2n) is 3.12. The molecule has 1 atom stereocenters. The summed E-state index contributed by atoms with van der Waals surface area (Å²) in [5, 5.41) is 11.6. The molecule has 4 nitrogen and oxygen atoms in total. The summed E-state index contributed by atoms with van der Waals surface area (Å²) in [4.78, 5) is 16.2. The summed E-state index contributed by atoms with van der Waals surface area (Å²) in [7, 11) is 0. The number of rotatable bonds is 5. The average Bonchev–Trinajstić information content (AvgIpc) is 2.25. The van der Waals surface area contributed by atoms with Crippen molar-refractivity contribution in [3.63, 3.8) is 0 Å². The molecule has 5 heteroatoms. The number of aliphatic hydroxyl groups excluding tert-OH is 1. The van der Waals surface area contributed by atoms with E-state index >= 15 is 0 Å². The first-order valence-electron chi connectivity index (χ1n) is 4.66. The Labute approximate surface area is 93.1 Å². The molecule has 0 fully saturated rings. The molecule has 0 aliphatic carbocycles. The van der Waals surface area contributed by atoms with Crippen LogP contribution < -0.4 is 5.32 Å². The molecule has 0 radical (unpaired) electrons. The SMILES string of the molecule is C[C@H](O)CNC(=O)CSc1ccncc1. The standard InChI is InChI=1S/C10H14N2O2S/c1-8(13)6-12-10(14)7-15-9-2-4-11-5-3-9/h2-5,8,13H,6-7H2,1H3,(H,12,14)/t8-/m0/s1. The van der Waals surface area contributed by atoms with Gasteiger partial charge in [-0.05, 0) is 19.1 Å². The fourth-order valence-corrected chi connectivity index (χ4v) is 1.61. The van der Waals surface area contributed by atoms with Gasteiger partial charge in [-0.1, -0.05) is 0 Å². The smallest absolute Gasteiger partial charge is 0.230 e. The first kappa shape index (κ1) is 12.0. The summed E-state index contributed by atoms with van der Waals surface area (Å²) >= 11 is 1.45. The van der Waals surface area contributed by atoms with E-state index in [-0.39, 0.29) is 5.91 Å². The maximum atomic E-state index is 11.3. The van der Waals surface area contributed by atoms with Crippen molar-refractivity contribution in [2.45, 2.75) is 17.9 Å². The van der Waals surface area contributed by atoms with Crippen LogP contribution in [0.4, 0.5) is 0 Å². The molecular weight excluding hydrogens is 212 g/mol. The van der Waals surface area contributed by atoms with E-state index < -0.39 is 6.10 Å². The van der Waals surface area contributed by atoms with Crippen LogP contribution in [-0.4, -0.2) is 34.4 Å². The van der Waals surface area contributed by atoms with Crippen LogP contribution in [0.25, 0.3) is 0 Å². The van der Waals surface area contributed by atoms with E-state index in [0.29, 0.717) is 12.3 Å². The van der Waals surface area contributed by atoms with E-state index in [1.165, 1.54) is 11.8 Å². The average molecular weight is 226 g/mol. The Balaban J connectivity index is 2.23. The van der Waals surface area contributed by atoms with Crippen molar-refractivity contribution < 1.29 is 9.90 Å². The van der Waals surface area contributed by atoms with Crippen LogP contribution in [0.15, 0.2) is 29.4 Å². The van der Waals surface area contributed by atoms with Gasteiger partial charge in [0.25, 0.3) is 0 Å². The number of pyridine rings is 1. The highest BCUT2D eigenvalue weighted by molar-refractivity contribution is 8.00. The monoisotopic (exact) mass is 226 g/mol. The first-order chi connectivity index (χ1) is 7.18. The summed E-state index contributed by atoms with van der Waals surface area (Å²) in [6.45, 7) is 1.94. The highest BCUT2D eigenvalue weighted by Gasteiger charge is 2.03. The van der Waals surface area contributed by atoms with E-state index in [2.05, 4.69) is 10.3 Å². The van der Waals surface area contributed by atoms with E-state index in [0.717, 1.165) is 4.90 Å². The lowest BCUT2D eigenvalue weighted by Crippen LogP contribution is -2.31. The number of amides is 1. The van der Waals surface area contributed by atoms with Crippen LogP contribution in [-0.2, 0) is 4.79 Å². The maximum Gasteiger partial charge on any atom is 0.230 e. The van der Waals surface area contributed by atoms with Gasteiger partial charge in [0.2, 0.25) is 5.91 Å². The number of thioether (sulfide) groups is 1. The Bertz CT molecular complexity index is 304. The molecule has 15 heavy (non-hydrogen) atoms.